The average molecular weight is 446 g/mol. The van der Waals surface area contributed by atoms with Gasteiger partial charge in [0.2, 0.25) is 11.9 Å². The molecular weight excluding hydrogens is 418 g/mol. The summed E-state index contributed by atoms with van der Waals surface area (Å²) in [7, 11) is 0. The van der Waals surface area contributed by atoms with E-state index < -0.39 is 11.3 Å². The van der Waals surface area contributed by atoms with E-state index in [1.807, 2.05) is 17.0 Å². The summed E-state index contributed by atoms with van der Waals surface area (Å²) in [6, 6.07) is 10.7. The lowest BCUT2D eigenvalue weighted by atomic mass is 9.88. The number of aromatic nitrogens is 2. The molecule has 0 spiro atoms. The summed E-state index contributed by atoms with van der Waals surface area (Å²) in [6.45, 7) is 1.40. The van der Waals surface area contributed by atoms with Gasteiger partial charge < -0.3 is 21.3 Å². The Morgan fingerprint density at radius 2 is 1.82 bits per heavy atom. The van der Waals surface area contributed by atoms with Crippen LogP contribution in [-0.2, 0) is 4.79 Å². The third-order valence-corrected chi connectivity index (χ3v) is 6.77. The van der Waals surface area contributed by atoms with Gasteiger partial charge in [0.05, 0.1) is 11.6 Å². The minimum atomic E-state index is -0.730. The number of amides is 2. The van der Waals surface area contributed by atoms with Crippen molar-refractivity contribution in [3.05, 3.63) is 41.6 Å². The van der Waals surface area contributed by atoms with Crippen molar-refractivity contribution in [2.75, 3.05) is 23.7 Å². The molecule has 0 bridgehead atoms. The molecule has 9 nitrogen and oxygen atoms in total. The molecule has 2 aliphatic carbocycles. The maximum Gasteiger partial charge on any atom is 0.254 e. The number of carbonyl (C=O) groups excluding carboxylic acids is 2. The maximum absolute atomic E-state index is 12.6. The van der Waals surface area contributed by atoms with Crippen LogP contribution in [0.15, 0.2) is 30.5 Å². The highest BCUT2D eigenvalue weighted by atomic mass is 16.2. The predicted molar refractivity (Wildman–Crippen MR) is 123 cm³/mol. The third-order valence-electron chi connectivity index (χ3n) is 6.77. The topological polar surface area (TPSA) is 137 Å². The molecule has 2 amide bonds. The van der Waals surface area contributed by atoms with Gasteiger partial charge in [-0.25, -0.2) is 4.98 Å². The number of nitriles is 1. The fourth-order valence-electron chi connectivity index (χ4n) is 4.34. The van der Waals surface area contributed by atoms with E-state index in [2.05, 4.69) is 38.8 Å². The van der Waals surface area contributed by atoms with Crippen molar-refractivity contribution in [1.82, 2.24) is 14.9 Å². The smallest absolute Gasteiger partial charge is 0.254 e. The number of hydrogen-bond donors (Lipinski definition) is 3. The molecule has 0 radical (unpaired) electrons. The van der Waals surface area contributed by atoms with Gasteiger partial charge in [-0.05, 0) is 62.1 Å². The van der Waals surface area contributed by atoms with Gasteiger partial charge >= 0.3 is 0 Å². The van der Waals surface area contributed by atoms with E-state index in [1.165, 1.54) is 11.8 Å². The lowest BCUT2D eigenvalue weighted by molar-refractivity contribution is -0.136. The Kier molecular flexibility index (Phi) is 5.36. The lowest BCUT2D eigenvalue weighted by Gasteiger charge is -2.33. The SMILES string of the molecule is N#CC1(C(=O)N2CCC(c3ccc(Nc4ncc(C(N)=O)c(NC5CC5)n4)cc3)CC2)CC1. The van der Waals surface area contributed by atoms with Crippen LogP contribution in [-0.4, -0.2) is 45.8 Å². The normalized spacial score (nSPS) is 19.4. The minimum Gasteiger partial charge on any atom is -0.367 e. The molecular formula is C24H27N7O2. The molecule has 2 aromatic rings. The van der Waals surface area contributed by atoms with Crippen LogP contribution in [0, 0.1) is 16.7 Å². The molecule has 170 valence electrons. The fraction of sp³-hybridized carbons (Fsp3) is 0.458. The second-order valence-electron chi connectivity index (χ2n) is 9.25. The van der Waals surface area contributed by atoms with Gasteiger partial charge in [0.1, 0.15) is 11.2 Å². The van der Waals surface area contributed by atoms with E-state index in [4.69, 9.17) is 5.73 Å². The molecule has 4 N–H and O–H groups in total. The van der Waals surface area contributed by atoms with Crippen LogP contribution in [0.4, 0.5) is 17.5 Å². The first-order valence-corrected chi connectivity index (χ1v) is 11.5. The Morgan fingerprint density at radius 3 is 2.39 bits per heavy atom. The second kappa shape index (κ2) is 8.35. The van der Waals surface area contributed by atoms with E-state index in [9.17, 15) is 14.9 Å². The van der Waals surface area contributed by atoms with Gasteiger partial charge in [0, 0.05) is 31.0 Å². The predicted octanol–water partition coefficient (Wildman–Crippen LogP) is 2.90. The zero-order valence-corrected chi connectivity index (χ0v) is 18.4. The highest BCUT2D eigenvalue weighted by Crippen LogP contribution is 2.47. The van der Waals surface area contributed by atoms with Crippen molar-refractivity contribution >= 4 is 29.3 Å². The summed E-state index contributed by atoms with van der Waals surface area (Å²) in [6.07, 6.45) is 6.75. The van der Waals surface area contributed by atoms with Crippen molar-refractivity contribution in [3.8, 4) is 6.07 Å². The molecule has 1 aromatic heterocycles. The lowest BCUT2D eigenvalue weighted by Crippen LogP contribution is -2.41. The summed E-state index contributed by atoms with van der Waals surface area (Å²) in [5, 5.41) is 15.7. The Morgan fingerprint density at radius 1 is 1.12 bits per heavy atom. The first kappa shape index (κ1) is 21.2. The Labute approximate surface area is 192 Å². The minimum absolute atomic E-state index is 0.0147. The largest absolute Gasteiger partial charge is 0.367 e. The number of hydrogen-bond acceptors (Lipinski definition) is 7. The third kappa shape index (κ3) is 4.46. The van der Waals surface area contributed by atoms with Gasteiger partial charge in [-0.15, -0.1) is 0 Å². The van der Waals surface area contributed by atoms with Crippen molar-refractivity contribution in [1.29, 1.82) is 5.26 Å². The van der Waals surface area contributed by atoms with Crippen molar-refractivity contribution in [2.24, 2.45) is 11.1 Å². The molecule has 1 saturated heterocycles. The van der Waals surface area contributed by atoms with Crippen LogP contribution in [0.25, 0.3) is 0 Å². The number of primary amides is 1. The summed E-state index contributed by atoms with van der Waals surface area (Å²) >= 11 is 0. The first-order valence-electron chi connectivity index (χ1n) is 11.5. The highest BCUT2D eigenvalue weighted by Gasteiger charge is 2.52. The van der Waals surface area contributed by atoms with Gasteiger partial charge in [-0.3, -0.25) is 9.59 Å². The van der Waals surface area contributed by atoms with E-state index in [0.717, 1.165) is 31.4 Å². The van der Waals surface area contributed by atoms with Gasteiger partial charge in [0.25, 0.3) is 5.91 Å². The van der Waals surface area contributed by atoms with Gasteiger partial charge in [-0.2, -0.15) is 10.2 Å². The fourth-order valence-corrected chi connectivity index (χ4v) is 4.34. The Balaban J connectivity index is 1.20. The van der Waals surface area contributed by atoms with Crippen molar-refractivity contribution in [2.45, 2.75) is 50.5 Å². The molecule has 0 atom stereocenters. The van der Waals surface area contributed by atoms with Crippen molar-refractivity contribution < 1.29 is 9.59 Å². The van der Waals surface area contributed by atoms with Crippen LogP contribution in [0.5, 0.6) is 0 Å². The van der Waals surface area contributed by atoms with Crippen LogP contribution in [0.3, 0.4) is 0 Å². The van der Waals surface area contributed by atoms with Crippen LogP contribution in [0.1, 0.15) is 60.4 Å². The molecule has 3 aliphatic rings. The maximum atomic E-state index is 12.6. The molecule has 3 fully saturated rings. The molecule has 1 aromatic carbocycles. The van der Waals surface area contributed by atoms with Gasteiger partial charge in [0.15, 0.2) is 0 Å². The van der Waals surface area contributed by atoms with E-state index in [0.29, 0.717) is 49.7 Å². The molecule has 9 heteroatoms. The van der Waals surface area contributed by atoms with Crippen LogP contribution >= 0.6 is 0 Å². The zero-order valence-electron chi connectivity index (χ0n) is 18.4. The Bertz CT molecular complexity index is 1110. The number of nitrogens with one attached hydrogen (secondary N) is 2. The quantitative estimate of drug-likeness (QED) is 0.596. The first-order chi connectivity index (χ1) is 16.0. The molecule has 2 saturated carbocycles. The standard InChI is InChI=1S/C24H27N7O2/c25-14-24(9-10-24)22(33)31-11-7-16(8-12-31)15-1-3-18(4-2-15)29-23-27-13-19(20(26)32)21(30-23)28-17-5-6-17/h1-4,13,16-17H,5-12H2,(H2,26,32)(H2,27,28,29,30). The number of benzene rings is 1. The number of anilines is 3. The number of nitrogens with two attached hydrogens (primary N) is 1. The molecule has 0 unspecified atom stereocenters. The number of carbonyl (C=O) groups is 2. The Hall–Kier alpha value is -3.67. The molecule has 5 rings (SSSR count). The average Bonchev–Trinajstić information content (AvgIpc) is 3.75. The zero-order chi connectivity index (χ0) is 23.0. The molecule has 2 heterocycles. The number of rotatable bonds is 7. The molecule has 33 heavy (non-hydrogen) atoms. The molecule has 1 aliphatic heterocycles. The van der Waals surface area contributed by atoms with E-state index >= 15 is 0 Å². The monoisotopic (exact) mass is 445 g/mol. The van der Waals surface area contributed by atoms with Crippen LogP contribution in [0.2, 0.25) is 0 Å². The summed E-state index contributed by atoms with van der Waals surface area (Å²) in [5.74, 6) is 0.711. The number of likely N-dealkylation sites (tertiary alicyclic amines) is 1. The van der Waals surface area contributed by atoms with Crippen molar-refractivity contribution in [3.63, 3.8) is 0 Å². The van der Waals surface area contributed by atoms with Crippen LogP contribution < -0.4 is 16.4 Å². The number of piperidine rings is 1. The summed E-state index contributed by atoms with van der Waals surface area (Å²) in [4.78, 5) is 34.8. The summed E-state index contributed by atoms with van der Waals surface area (Å²) < 4.78 is 0. The van der Waals surface area contributed by atoms with E-state index in [-0.39, 0.29) is 11.5 Å². The van der Waals surface area contributed by atoms with E-state index in [1.54, 1.807) is 0 Å². The second-order valence-corrected chi connectivity index (χ2v) is 9.25. The summed E-state index contributed by atoms with van der Waals surface area (Å²) in [5.41, 5.74) is 7.08. The number of nitrogens with zero attached hydrogens (tertiary/aromatic N) is 4. The van der Waals surface area contributed by atoms with Gasteiger partial charge in [-0.1, -0.05) is 12.1 Å². The highest BCUT2D eigenvalue weighted by molar-refractivity contribution is 5.97.